The van der Waals surface area contributed by atoms with E-state index < -0.39 is 9.84 Å². The summed E-state index contributed by atoms with van der Waals surface area (Å²) in [5.74, 6) is 0.00454. The molecule has 1 amide bonds. The number of halogens is 1. The van der Waals surface area contributed by atoms with Crippen molar-refractivity contribution in [3.8, 4) is 0 Å². The number of carbonyl (C=O) groups is 1. The second kappa shape index (κ2) is 6.95. The molecule has 24 heavy (non-hydrogen) atoms. The molecule has 0 N–H and O–H groups in total. The number of amides is 1. The maximum Gasteiger partial charge on any atom is 0.250 e. The molecule has 3 atom stereocenters. The first kappa shape index (κ1) is 18.2. The second-order valence-corrected chi connectivity index (χ2v) is 10.8. The number of benzene rings is 1. The molecule has 2 aliphatic rings. The van der Waals surface area contributed by atoms with Crippen molar-refractivity contribution in [2.45, 2.75) is 31.6 Å². The van der Waals surface area contributed by atoms with E-state index in [4.69, 9.17) is 0 Å². The normalized spacial score (nSPS) is 28.1. The van der Waals surface area contributed by atoms with Crippen molar-refractivity contribution >= 4 is 61.0 Å². The highest BCUT2D eigenvalue weighted by Gasteiger charge is 2.49. The Bertz CT molecular complexity index is 794. The summed E-state index contributed by atoms with van der Waals surface area (Å²) in [5, 5.41) is 0.573. The molecule has 0 bridgehead atoms. The van der Waals surface area contributed by atoms with Crippen molar-refractivity contribution in [3.63, 3.8) is 0 Å². The SMILES string of the molecule is CC[C@@H](C)C(=O)N=C1S[C@H]2CS(=O)(=O)C[C@@H]2N1c1cccc(I)c1. The van der Waals surface area contributed by atoms with Crippen molar-refractivity contribution in [1.82, 2.24) is 0 Å². The maximum absolute atomic E-state index is 12.3. The molecule has 0 aromatic heterocycles. The van der Waals surface area contributed by atoms with Crippen LogP contribution in [0.4, 0.5) is 5.69 Å². The monoisotopic (exact) mass is 478 g/mol. The van der Waals surface area contributed by atoms with Gasteiger partial charge in [-0.15, -0.1) is 0 Å². The quantitative estimate of drug-likeness (QED) is 0.626. The molecule has 0 aliphatic carbocycles. The summed E-state index contributed by atoms with van der Waals surface area (Å²) in [7, 11) is -3.03. The van der Waals surface area contributed by atoms with Gasteiger partial charge in [-0.25, -0.2) is 8.42 Å². The minimum absolute atomic E-state index is 0.0589. The number of anilines is 1. The molecule has 1 aromatic carbocycles. The number of fused-ring (bicyclic) bond motifs is 1. The van der Waals surface area contributed by atoms with Crippen LogP contribution in [0, 0.1) is 9.49 Å². The van der Waals surface area contributed by atoms with Gasteiger partial charge in [-0.1, -0.05) is 31.7 Å². The lowest BCUT2D eigenvalue weighted by atomic mass is 10.1. The molecule has 1 aromatic rings. The van der Waals surface area contributed by atoms with Crippen LogP contribution >= 0.6 is 34.4 Å². The largest absolute Gasteiger partial charge is 0.316 e. The minimum Gasteiger partial charge on any atom is -0.316 e. The van der Waals surface area contributed by atoms with Crippen LogP contribution in [-0.2, 0) is 14.6 Å². The molecule has 0 spiro atoms. The minimum atomic E-state index is -3.03. The van der Waals surface area contributed by atoms with E-state index in [0.717, 1.165) is 15.7 Å². The highest BCUT2D eigenvalue weighted by molar-refractivity contribution is 14.1. The molecule has 2 aliphatic heterocycles. The number of thioether (sulfide) groups is 1. The van der Waals surface area contributed by atoms with Crippen LogP contribution in [0.15, 0.2) is 29.3 Å². The van der Waals surface area contributed by atoms with E-state index in [1.807, 2.05) is 43.0 Å². The number of amidine groups is 1. The van der Waals surface area contributed by atoms with Crippen LogP contribution < -0.4 is 4.90 Å². The second-order valence-electron chi connectivity index (χ2n) is 6.19. The van der Waals surface area contributed by atoms with Crippen molar-refractivity contribution in [1.29, 1.82) is 0 Å². The summed E-state index contributed by atoms with van der Waals surface area (Å²) < 4.78 is 25.1. The van der Waals surface area contributed by atoms with Gasteiger partial charge in [0, 0.05) is 20.4 Å². The van der Waals surface area contributed by atoms with Gasteiger partial charge in [-0.05, 0) is 47.2 Å². The number of carbonyl (C=O) groups excluding carboxylic acids is 1. The molecule has 2 fully saturated rings. The zero-order valence-electron chi connectivity index (χ0n) is 13.5. The molecule has 0 unspecified atom stereocenters. The van der Waals surface area contributed by atoms with Crippen LogP contribution in [0.1, 0.15) is 20.3 Å². The van der Waals surface area contributed by atoms with E-state index in [1.54, 1.807) is 0 Å². The van der Waals surface area contributed by atoms with Crippen LogP contribution in [-0.4, -0.2) is 42.3 Å². The number of rotatable bonds is 3. The average molecular weight is 478 g/mol. The summed E-state index contributed by atoms with van der Waals surface area (Å²) in [6.45, 7) is 3.83. The summed E-state index contributed by atoms with van der Waals surface area (Å²) in [4.78, 5) is 18.6. The van der Waals surface area contributed by atoms with Crippen molar-refractivity contribution in [2.75, 3.05) is 16.4 Å². The standard InChI is InChI=1S/C16H19IN2O3S2/c1-3-10(2)15(20)18-16-19(12-6-4-5-11(17)7-12)13-8-24(21,22)9-14(13)23-16/h4-7,10,13-14H,3,8-9H2,1-2H3/t10-,13+,14+/m1/s1. The van der Waals surface area contributed by atoms with Crippen molar-refractivity contribution < 1.29 is 13.2 Å². The molecular formula is C16H19IN2O3S2. The molecule has 130 valence electrons. The molecular weight excluding hydrogens is 459 g/mol. The van der Waals surface area contributed by atoms with Gasteiger partial charge < -0.3 is 4.90 Å². The Labute approximate surface area is 160 Å². The van der Waals surface area contributed by atoms with Crippen LogP contribution in [0.25, 0.3) is 0 Å². The third kappa shape index (κ3) is 3.65. The molecule has 2 saturated heterocycles. The zero-order valence-corrected chi connectivity index (χ0v) is 17.3. The van der Waals surface area contributed by atoms with Crippen LogP contribution in [0.2, 0.25) is 0 Å². The molecule has 8 heteroatoms. The summed E-state index contributed by atoms with van der Waals surface area (Å²) in [6, 6.07) is 7.71. The van der Waals surface area contributed by atoms with Gasteiger partial charge in [0.1, 0.15) is 0 Å². The molecule has 5 nitrogen and oxygen atoms in total. The molecule has 0 radical (unpaired) electrons. The van der Waals surface area contributed by atoms with Gasteiger partial charge in [0.15, 0.2) is 15.0 Å². The molecule has 2 heterocycles. The van der Waals surface area contributed by atoms with Crippen molar-refractivity contribution in [2.24, 2.45) is 10.9 Å². The fourth-order valence-corrected chi connectivity index (χ4v) is 7.32. The number of hydrogen-bond acceptors (Lipinski definition) is 4. The Kier molecular flexibility index (Phi) is 5.27. The summed E-state index contributed by atoms with van der Waals surface area (Å²) >= 11 is 3.65. The Balaban J connectivity index is 2.00. The molecule has 0 saturated carbocycles. The van der Waals surface area contributed by atoms with E-state index >= 15 is 0 Å². The van der Waals surface area contributed by atoms with Gasteiger partial charge >= 0.3 is 0 Å². The number of nitrogens with zero attached hydrogens (tertiary/aromatic N) is 2. The Morgan fingerprint density at radius 3 is 2.88 bits per heavy atom. The van der Waals surface area contributed by atoms with Crippen molar-refractivity contribution in [3.05, 3.63) is 27.8 Å². The topological polar surface area (TPSA) is 66.8 Å². The lowest BCUT2D eigenvalue weighted by Gasteiger charge is -2.24. The summed E-state index contributed by atoms with van der Waals surface area (Å²) in [6.07, 6.45) is 0.741. The smallest absolute Gasteiger partial charge is 0.250 e. The van der Waals surface area contributed by atoms with Gasteiger partial charge in [-0.3, -0.25) is 4.79 Å². The van der Waals surface area contributed by atoms with Crippen LogP contribution in [0.3, 0.4) is 0 Å². The highest BCUT2D eigenvalue weighted by Crippen LogP contribution is 2.41. The predicted octanol–water partition coefficient (Wildman–Crippen LogP) is 2.94. The number of aliphatic imine (C=N–C) groups is 1. The lowest BCUT2D eigenvalue weighted by molar-refractivity contribution is -0.121. The Hall–Kier alpha value is -0.610. The van der Waals surface area contributed by atoms with E-state index in [-0.39, 0.29) is 34.6 Å². The molecule has 3 rings (SSSR count). The third-order valence-electron chi connectivity index (χ3n) is 4.39. The van der Waals surface area contributed by atoms with E-state index in [0.29, 0.717) is 5.17 Å². The predicted molar refractivity (Wildman–Crippen MR) is 107 cm³/mol. The van der Waals surface area contributed by atoms with E-state index in [2.05, 4.69) is 27.6 Å². The van der Waals surface area contributed by atoms with E-state index in [9.17, 15) is 13.2 Å². The zero-order chi connectivity index (χ0) is 17.5. The summed E-state index contributed by atoms with van der Waals surface area (Å²) in [5.41, 5.74) is 0.898. The van der Waals surface area contributed by atoms with E-state index in [1.165, 1.54) is 11.8 Å². The Morgan fingerprint density at radius 2 is 2.21 bits per heavy atom. The van der Waals surface area contributed by atoms with Gasteiger partial charge in [0.2, 0.25) is 0 Å². The van der Waals surface area contributed by atoms with Crippen LogP contribution in [0.5, 0.6) is 0 Å². The number of sulfone groups is 1. The van der Waals surface area contributed by atoms with Gasteiger partial charge in [0.05, 0.1) is 17.5 Å². The van der Waals surface area contributed by atoms with Gasteiger partial charge in [-0.2, -0.15) is 4.99 Å². The third-order valence-corrected chi connectivity index (χ3v) is 8.27. The lowest BCUT2D eigenvalue weighted by Crippen LogP contribution is -2.37. The van der Waals surface area contributed by atoms with Gasteiger partial charge in [0.25, 0.3) is 5.91 Å². The first-order chi connectivity index (χ1) is 11.3. The average Bonchev–Trinajstić information content (AvgIpc) is 2.97. The Morgan fingerprint density at radius 1 is 1.46 bits per heavy atom. The highest BCUT2D eigenvalue weighted by atomic mass is 127. The first-order valence-corrected chi connectivity index (χ1v) is 11.6. The maximum atomic E-state index is 12.3. The first-order valence-electron chi connectivity index (χ1n) is 7.85. The fraction of sp³-hybridized carbons (Fsp3) is 0.500. The number of hydrogen-bond donors (Lipinski definition) is 0. The fourth-order valence-electron chi connectivity index (χ4n) is 2.87.